The fourth-order valence-corrected chi connectivity index (χ4v) is 2.24. The van der Waals surface area contributed by atoms with Crippen LogP contribution in [0.3, 0.4) is 0 Å². The molecule has 0 amide bonds. The van der Waals surface area contributed by atoms with E-state index < -0.39 is 23.0 Å². The van der Waals surface area contributed by atoms with Gasteiger partial charge >= 0.3 is 5.97 Å². The van der Waals surface area contributed by atoms with E-state index in [1.54, 1.807) is 0 Å². The minimum absolute atomic E-state index is 0.165. The summed E-state index contributed by atoms with van der Waals surface area (Å²) in [5, 5.41) is 9.07. The summed E-state index contributed by atoms with van der Waals surface area (Å²) in [4.78, 5) is 23.2. The van der Waals surface area contributed by atoms with Crippen molar-refractivity contribution in [2.75, 3.05) is 0 Å². The van der Waals surface area contributed by atoms with E-state index in [-0.39, 0.29) is 28.6 Å². The topological polar surface area (TPSA) is 59.3 Å². The first-order valence-electron chi connectivity index (χ1n) is 6.36. The first-order valence-corrected chi connectivity index (χ1v) is 6.36. The second kappa shape index (κ2) is 4.95. The van der Waals surface area contributed by atoms with E-state index >= 15 is 0 Å². The molecule has 0 spiro atoms. The molecule has 0 fully saturated rings. The molecule has 1 heterocycles. The molecule has 2 rings (SSSR count). The highest BCUT2D eigenvalue weighted by Gasteiger charge is 2.22. The first kappa shape index (κ1) is 15.2. The van der Waals surface area contributed by atoms with Crippen LogP contribution in [0.25, 0.3) is 10.9 Å². The van der Waals surface area contributed by atoms with Crippen molar-refractivity contribution in [2.45, 2.75) is 27.3 Å². The van der Waals surface area contributed by atoms with Gasteiger partial charge in [-0.15, -0.1) is 0 Å². The Morgan fingerprint density at radius 1 is 1.24 bits per heavy atom. The number of carboxylic acids is 1. The molecule has 0 aliphatic rings. The highest BCUT2D eigenvalue weighted by Crippen LogP contribution is 2.24. The molecule has 0 saturated heterocycles. The van der Waals surface area contributed by atoms with Crippen LogP contribution in [-0.4, -0.2) is 15.6 Å². The predicted octanol–water partition coefficient (Wildman–Crippen LogP) is 3.02. The van der Waals surface area contributed by atoms with Crippen LogP contribution in [0.1, 0.15) is 31.3 Å². The Kier molecular flexibility index (Phi) is 3.57. The number of aromatic carboxylic acids is 1. The van der Waals surface area contributed by atoms with Crippen LogP contribution in [0, 0.1) is 17.0 Å². The third-order valence-corrected chi connectivity index (χ3v) is 2.97. The zero-order valence-corrected chi connectivity index (χ0v) is 11.9. The van der Waals surface area contributed by atoms with Crippen molar-refractivity contribution < 1.29 is 18.7 Å². The largest absolute Gasteiger partial charge is 0.477 e. The fourth-order valence-electron chi connectivity index (χ4n) is 2.24. The standard InChI is InChI=1S/C15H15F2NO3/c1-15(2,3)7-18-11(14(20)21)6-12(19)9-4-8(16)5-10(17)13(9)18/h4-6H,7H2,1-3H3,(H,20,21). The SMILES string of the molecule is CC(C)(C)Cn1c(C(=O)O)cc(=O)c2cc(F)cc(F)c21. The van der Waals surface area contributed by atoms with E-state index in [0.29, 0.717) is 6.07 Å². The average Bonchev–Trinajstić information content (AvgIpc) is 2.30. The summed E-state index contributed by atoms with van der Waals surface area (Å²) in [6.45, 7) is 5.73. The Bertz CT molecular complexity index is 788. The number of hydrogen-bond acceptors (Lipinski definition) is 2. The van der Waals surface area contributed by atoms with E-state index in [1.807, 2.05) is 20.8 Å². The molecule has 0 radical (unpaired) electrons. The molecular weight excluding hydrogens is 280 g/mol. The second-order valence-electron chi connectivity index (χ2n) is 6.13. The lowest BCUT2D eigenvalue weighted by Crippen LogP contribution is -2.24. The van der Waals surface area contributed by atoms with Crippen LogP contribution in [0.5, 0.6) is 0 Å². The summed E-state index contributed by atoms with van der Waals surface area (Å²) in [6.07, 6.45) is 0. The Labute approximate surface area is 119 Å². The third kappa shape index (κ3) is 2.94. The molecular formula is C15H15F2NO3. The van der Waals surface area contributed by atoms with Gasteiger partial charge in [-0.2, -0.15) is 0 Å². The predicted molar refractivity (Wildman–Crippen MR) is 74.5 cm³/mol. The summed E-state index contributed by atoms with van der Waals surface area (Å²) in [6, 6.07) is 2.47. The summed E-state index contributed by atoms with van der Waals surface area (Å²) in [5.74, 6) is -3.15. The summed E-state index contributed by atoms with van der Waals surface area (Å²) in [5.41, 5.74) is -1.57. The molecule has 0 unspecified atom stereocenters. The number of carbonyl (C=O) groups is 1. The zero-order valence-electron chi connectivity index (χ0n) is 11.9. The fraction of sp³-hybridized carbons (Fsp3) is 0.333. The van der Waals surface area contributed by atoms with Gasteiger partial charge in [0.05, 0.1) is 10.9 Å². The van der Waals surface area contributed by atoms with Crippen molar-refractivity contribution in [1.29, 1.82) is 0 Å². The monoisotopic (exact) mass is 295 g/mol. The molecule has 1 N–H and O–H groups in total. The lowest BCUT2D eigenvalue weighted by Gasteiger charge is -2.24. The van der Waals surface area contributed by atoms with Gasteiger partial charge in [0.15, 0.2) is 11.2 Å². The zero-order chi connectivity index (χ0) is 15.9. The number of aromatic nitrogens is 1. The van der Waals surface area contributed by atoms with E-state index in [2.05, 4.69) is 0 Å². The Balaban J connectivity index is 2.96. The summed E-state index contributed by atoms with van der Waals surface area (Å²) >= 11 is 0. The van der Waals surface area contributed by atoms with Crippen LogP contribution in [0.4, 0.5) is 8.78 Å². The van der Waals surface area contributed by atoms with Crippen molar-refractivity contribution in [1.82, 2.24) is 4.57 Å². The second-order valence-corrected chi connectivity index (χ2v) is 6.13. The molecule has 6 heteroatoms. The van der Waals surface area contributed by atoms with Crippen molar-refractivity contribution in [3.05, 3.63) is 45.8 Å². The molecule has 0 aliphatic heterocycles. The number of rotatable bonds is 2. The van der Waals surface area contributed by atoms with Gasteiger partial charge in [0.1, 0.15) is 11.5 Å². The van der Waals surface area contributed by atoms with Gasteiger partial charge in [-0.05, 0) is 11.5 Å². The minimum atomic E-state index is -1.33. The number of fused-ring (bicyclic) bond motifs is 1. The van der Waals surface area contributed by atoms with Gasteiger partial charge in [-0.25, -0.2) is 13.6 Å². The summed E-state index contributed by atoms with van der Waals surface area (Å²) in [7, 11) is 0. The van der Waals surface area contributed by atoms with Crippen LogP contribution < -0.4 is 5.43 Å². The molecule has 21 heavy (non-hydrogen) atoms. The maximum atomic E-state index is 14.1. The van der Waals surface area contributed by atoms with Crippen molar-refractivity contribution in [3.63, 3.8) is 0 Å². The van der Waals surface area contributed by atoms with Gasteiger partial charge in [0.25, 0.3) is 0 Å². The molecule has 0 atom stereocenters. The van der Waals surface area contributed by atoms with Crippen molar-refractivity contribution in [3.8, 4) is 0 Å². The Morgan fingerprint density at radius 3 is 2.38 bits per heavy atom. The molecule has 1 aromatic heterocycles. The van der Waals surface area contributed by atoms with Crippen LogP contribution in [0.15, 0.2) is 23.0 Å². The quantitative estimate of drug-likeness (QED) is 0.926. The lowest BCUT2D eigenvalue weighted by molar-refractivity contribution is 0.0682. The average molecular weight is 295 g/mol. The number of hydrogen-bond donors (Lipinski definition) is 1. The van der Waals surface area contributed by atoms with Crippen molar-refractivity contribution >= 4 is 16.9 Å². The number of benzene rings is 1. The number of nitrogens with zero attached hydrogens (tertiary/aromatic N) is 1. The van der Waals surface area contributed by atoms with E-state index in [0.717, 1.165) is 12.1 Å². The smallest absolute Gasteiger partial charge is 0.352 e. The van der Waals surface area contributed by atoms with Gasteiger partial charge in [0, 0.05) is 18.7 Å². The maximum Gasteiger partial charge on any atom is 0.352 e. The van der Waals surface area contributed by atoms with Crippen LogP contribution >= 0.6 is 0 Å². The normalized spacial score (nSPS) is 11.9. The molecule has 0 bridgehead atoms. The molecule has 1 aromatic carbocycles. The highest BCUT2D eigenvalue weighted by atomic mass is 19.1. The Hall–Kier alpha value is -2.24. The summed E-state index contributed by atoms with van der Waals surface area (Å²) < 4.78 is 28.6. The van der Waals surface area contributed by atoms with Crippen LogP contribution in [-0.2, 0) is 6.54 Å². The van der Waals surface area contributed by atoms with E-state index in [1.165, 1.54) is 4.57 Å². The minimum Gasteiger partial charge on any atom is -0.477 e. The molecule has 4 nitrogen and oxygen atoms in total. The van der Waals surface area contributed by atoms with Crippen LogP contribution in [0.2, 0.25) is 0 Å². The molecule has 0 aliphatic carbocycles. The molecule has 2 aromatic rings. The lowest BCUT2D eigenvalue weighted by atomic mass is 9.96. The van der Waals surface area contributed by atoms with Crippen molar-refractivity contribution in [2.24, 2.45) is 5.41 Å². The van der Waals surface area contributed by atoms with Gasteiger partial charge in [-0.1, -0.05) is 20.8 Å². The van der Waals surface area contributed by atoms with Gasteiger partial charge in [0.2, 0.25) is 0 Å². The molecule has 112 valence electrons. The number of carboxylic acid groups (broad SMARTS) is 1. The third-order valence-electron chi connectivity index (χ3n) is 2.97. The van der Waals surface area contributed by atoms with E-state index in [9.17, 15) is 23.5 Å². The highest BCUT2D eigenvalue weighted by molar-refractivity contribution is 5.90. The van der Waals surface area contributed by atoms with Gasteiger partial charge in [-0.3, -0.25) is 4.79 Å². The van der Waals surface area contributed by atoms with Gasteiger partial charge < -0.3 is 9.67 Å². The number of halogens is 2. The first-order chi connectivity index (χ1) is 9.60. The molecule has 0 saturated carbocycles. The maximum absolute atomic E-state index is 14.1. The van der Waals surface area contributed by atoms with E-state index in [4.69, 9.17) is 0 Å². The number of pyridine rings is 1. The Morgan fingerprint density at radius 2 is 1.86 bits per heavy atom.